The molecule has 0 radical (unpaired) electrons. The zero-order valence-corrected chi connectivity index (χ0v) is 20.0. The van der Waals surface area contributed by atoms with E-state index in [1.54, 1.807) is 11.3 Å². The SMILES string of the molecule is CC(Sc1nnc(Cc2cccs2)n1C1CCCCC1)C(=O)NCc1ccc(Cl)cc1. The molecular weight excluding hydrogens is 448 g/mol. The van der Waals surface area contributed by atoms with Crippen LogP contribution in [0.15, 0.2) is 46.9 Å². The summed E-state index contributed by atoms with van der Waals surface area (Å²) in [5.41, 5.74) is 1.03. The Morgan fingerprint density at radius 2 is 2.00 bits per heavy atom. The molecule has 1 aliphatic carbocycles. The first-order chi connectivity index (χ1) is 15.1. The van der Waals surface area contributed by atoms with Crippen LogP contribution in [-0.4, -0.2) is 25.9 Å². The summed E-state index contributed by atoms with van der Waals surface area (Å²) in [6.07, 6.45) is 6.87. The number of benzene rings is 1. The molecule has 8 heteroatoms. The summed E-state index contributed by atoms with van der Waals surface area (Å²) in [7, 11) is 0. The van der Waals surface area contributed by atoms with Crippen molar-refractivity contribution in [2.45, 2.75) is 68.4 Å². The van der Waals surface area contributed by atoms with Crippen LogP contribution < -0.4 is 5.32 Å². The van der Waals surface area contributed by atoms with Gasteiger partial charge in [0.05, 0.1) is 5.25 Å². The highest BCUT2D eigenvalue weighted by molar-refractivity contribution is 8.00. The molecule has 5 nitrogen and oxygen atoms in total. The number of carbonyl (C=O) groups is 1. The normalized spacial score (nSPS) is 15.7. The zero-order chi connectivity index (χ0) is 21.6. The largest absolute Gasteiger partial charge is 0.351 e. The van der Waals surface area contributed by atoms with Gasteiger partial charge < -0.3 is 9.88 Å². The molecule has 2 heterocycles. The van der Waals surface area contributed by atoms with Gasteiger partial charge in [-0.05, 0) is 48.9 Å². The number of carbonyl (C=O) groups excluding carboxylic acids is 1. The van der Waals surface area contributed by atoms with Gasteiger partial charge in [0.15, 0.2) is 5.16 Å². The molecule has 1 N–H and O–H groups in total. The molecule has 164 valence electrons. The topological polar surface area (TPSA) is 59.8 Å². The first-order valence-electron chi connectivity index (χ1n) is 10.7. The van der Waals surface area contributed by atoms with Gasteiger partial charge in [-0.15, -0.1) is 21.5 Å². The van der Waals surface area contributed by atoms with Gasteiger partial charge in [0.25, 0.3) is 0 Å². The smallest absolute Gasteiger partial charge is 0.233 e. The zero-order valence-electron chi connectivity index (χ0n) is 17.6. The van der Waals surface area contributed by atoms with Crippen LogP contribution in [0, 0.1) is 0 Å². The van der Waals surface area contributed by atoms with E-state index in [9.17, 15) is 4.79 Å². The van der Waals surface area contributed by atoms with Gasteiger partial charge in [0.1, 0.15) is 5.82 Å². The molecule has 1 amide bonds. The molecule has 0 spiro atoms. The van der Waals surface area contributed by atoms with Crippen LogP contribution >= 0.6 is 34.7 Å². The van der Waals surface area contributed by atoms with E-state index in [4.69, 9.17) is 11.6 Å². The van der Waals surface area contributed by atoms with E-state index in [1.165, 1.54) is 35.9 Å². The predicted molar refractivity (Wildman–Crippen MR) is 128 cm³/mol. The van der Waals surface area contributed by atoms with Crippen molar-refractivity contribution in [3.05, 3.63) is 63.1 Å². The quantitative estimate of drug-likeness (QED) is 0.414. The predicted octanol–water partition coefficient (Wildman–Crippen LogP) is 5.89. The third-order valence-electron chi connectivity index (χ3n) is 5.62. The van der Waals surface area contributed by atoms with Crippen molar-refractivity contribution in [1.29, 1.82) is 0 Å². The van der Waals surface area contributed by atoms with Crippen LogP contribution in [0.5, 0.6) is 0 Å². The third kappa shape index (κ3) is 5.90. The van der Waals surface area contributed by atoms with E-state index in [1.807, 2.05) is 31.2 Å². The lowest BCUT2D eigenvalue weighted by Crippen LogP contribution is -2.30. The van der Waals surface area contributed by atoms with Crippen molar-refractivity contribution >= 4 is 40.6 Å². The second-order valence-corrected chi connectivity index (χ2v) is 10.7. The number of amides is 1. The Bertz CT molecular complexity index is 982. The van der Waals surface area contributed by atoms with E-state index in [-0.39, 0.29) is 11.2 Å². The fraction of sp³-hybridized carbons (Fsp3) is 0.435. The lowest BCUT2D eigenvalue weighted by Gasteiger charge is -2.26. The second kappa shape index (κ2) is 10.7. The fourth-order valence-corrected chi connectivity index (χ4v) is 5.72. The maximum absolute atomic E-state index is 12.7. The monoisotopic (exact) mass is 474 g/mol. The molecular formula is C23H27ClN4OS2. The average Bonchev–Trinajstić information content (AvgIpc) is 3.44. The Labute approximate surface area is 196 Å². The highest BCUT2D eigenvalue weighted by atomic mass is 35.5. The van der Waals surface area contributed by atoms with Crippen LogP contribution in [-0.2, 0) is 17.8 Å². The Morgan fingerprint density at radius 1 is 1.23 bits per heavy atom. The molecule has 1 atom stereocenters. The van der Waals surface area contributed by atoms with Crippen molar-refractivity contribution in [1.82, 2.24) is 20.1 Å². The summed E-state index contributed by atoms with van der Waals surface area (Å²) in [5, 5.41) is 15.5. The number of rotatable bonds is 8. The minimum atomic E-state index is -0.256. The van der Waals surface area contributed by atoms with Crippen molar-refractivity contribution in [3.8, 4) is 0 Å². The number of halogens is 1. The Hall–Kier alpha value is -1.83. The van der Waals surface area contributed by atoms with Gasteiger partial charge in [0, 0.05) is 28.9 Å². The van der Waals surface area contributed by atoms with Crippen molar-refractivity contribution < 1.29 is 4.79 Å². The van der Waals surface area contributed by atoms with E-state index in [0.29, 0.717) is 17.6 Å². The Balaban J connectivity index is 1.45. The number of aromatic nitrogens is 3. The van der Waals surface area contributed by atoms with Gasteiger partial charge >= 0.3 is 0 Å². The number of hydrogen-bond acceptors (Lipinski definition) is 5. The number of nitrogens with zero attached hydrogens (tertiary/aromatic N) is 3. The Morgan fingerprint density at radius 3 is 2.71 bits per heavy atom. The molecule has 0 saturated heterocycles. The van der Waals surface area contributed by atoms with Crippen LogP contribution in [0.25, 0.3) is 0 Å². The summed E-state index contributed by atoms with van der Waals surface area (Å²) in [6.45, 7) is 2.42. The Kier molecular flexibility index (Phi) is 7.69. The minimum absolute atomic E-state index is 0.00190. The number of nitrogens with one attached hydrogen (secondary N) is 1. The first-order valence-corrected chi connectivity index (χ1v) is 12.9. The molecule has 1 fully saturated rings. The van der Waals surface area contributed by atoms with Gasteiger partial charge in [-0.2, -0.15) is 0 Å². The van der Waals surface area contributed by atoms with E-state index < -0.39 is 0 Å². The molecule has 31 heavy (non-hydrogen) atoms. The maximum atomic E-state index is 12.7. The van der Waals surface area contributed by atoms with Crippen molar-refractivity contribution in [2.75, 3.05) is 0 Å². The first kappa shape index (κ1) is 22.4. The van der Waals surface area contributed by atoms with Crippen LogP contribution in [0.1, 0.15) is 61.3 Å². The molecule has 0 bridgehead atoms. The van der Waals surface area contributed by atoms with E-state index >= 15 is 0 Å². The molecule has 2 aromatic heterocycles. The molecule has 1 saturated carbocycles. The number of thiophene rings is 1. The van der Waals surface area contributed by atoms with Gasteiger partial charge in [-0.3, -0.25) is 4.79 Å². The summed E-state index contributed by atoms with van der Waals surface area (Å²) >= 11 is 9.18. The molecule has 1 unspecified atom stereocenters. The molecule has 1 aliphatic rings. The second-order valence-electron chi connectivity index (χ2n) is 7.92. The van der Waals surface area contributed by atoms with Crippen LogP contribution in [0.3, 0.4) is 0 Å². The lowest BCUT2D eigenvalue weighted by atomic mass is 9.95. The summed E-state index contributed by atoms with van der Waals surface area (Å²) in [6, 6.07) is 12.2. The van der Waals surface area contributed by atoms with Crippen molar-refractivity contribution in [3.63, 3.8) is 0 Å². The molecule has 1 aromatic carbocycles. The molecule has 0 aliphatic heterocycles. The van der Waals surface area contributed by atoms with Gasteiger partial charge in [-0.25, -0.2) is 0 Å². The number of hydrogen-bond donors (Lipinski definition) is 1. The maximum Gasteiger partial charge on any atom is 0.233 e. The molecule has 4 rings (SSSR count). The lowest BCUT2D eigenvalue weighted by molar-refractivity contribution is -0.120. The highest BCUT2D eigenvalue weighted by Crippen LogP contribution is 2.34. The highest BCUT2D eigenvalue weighted by Gasteiger charge is 2.26. The van der Waals surface area contributed by atoms with Gasteiger partial charge in [0.2, 0.25) is 5.91 Å². The van der Waals surface area contributed by atoms with Crippen LogP contribution in [0.4, 0.5) is 0 Å². The summed E-state index contributed by atoms with van der Waals surface area (Å²) < 4.78 is 2.31. The van der Waals surface area contributed by atoms with Crippen molar-refractivity contribution in [2.24, 2.45) is 0 Å². The standard InChI is InChI=1S/C23H27ClN4OS2/c1-16(22(29)25-15-17-9-11-18(24)12-10-17)31-23-27-26-21(14-20-8-5-13-30-20)28(23)19-6-3-2-4-7-19/h5,8-13,16,19H,2-4,6-7,14-15H2,1H3,(H,25,29). The third-order valence-corrected chi connectivity index (χ3v) is 7.80. The number of thioether (sulfide) groups is 1. The van der Waals surface area contributed by atoms with E-state index in [2.05, 4.69) is 37.6 Å². The fourth-order valence-electron chi connectivity index (χ4n) is 3.93. The van der Waals surface area contributed by atoms with Crippen LogP contribution in [0.2, 0.25) is 5.02 Å². The summed E-state index contributed by atoms with van der Waals surface area (Å²) in [4.78, 5) is 14.0. The minimum Gasteiger partial charge on any atom is -0.351 e. The molecule has 3 aromatic rings. The van der Waals surface area contributed by atoms with Gasteiger partial charge in [-0.1, -0.05) is 60.8 Å². The van der Waals surface area contributed by atoms with E-state index in [0.717, 1.165) is 35.8 Å². The average molecular weight is 475 g/mol. The summed E-state index contributed by atoms with van der Waals surface area (Å²) in [5.74, 6) is 1.00.